The van der Waals surface area contributed by atoms with Gasteiger partial charge in [-0.15, -0.1) is 0 Å². The van der Waals surface area contributed by atoms with Crippen molar-refractivity contribution in [2.75, 3.05) is 94.5 Å². The molecule has 0 amide bonds. The molecule has 0 radical (unpaired) electrons. The number of ether oxygens (including phenoxy) is 5. The maximum absolute atomic E-state index is 11.8. The van der Waals surface area contributed by atoms with Gasteiger partial charge in [-0.05, 0) is 0 Å². The van der Waals surface area contributed by atoms with Crippen LogP contribution in [0.4, 0.5) is 0 Å². The maximum Gasteiger partial charge on any atom is 0.319 e. The van der Waals surface area contributed by atoms with E-state index < -0.39 is 29.8 Å². The summed E-state index contributed by atoms with van der Waals surface area (Å²) in [5, 5.41) is 0. The van der Waals surface area contributed by atoms with Gasteiger partial charge in [0, 0.05) is 26.2 Å². The second kappa shape index (κ2) is 16.9. The Hall–Kier alpha value is -2.77. The van der Waals surface area contributed by atoms with Gasteiger partial charge in [0.05, 0.1) is 68.3 Å². The molecule has 32 heavy (non-hydrogen) atoms. The molecule has 13 nitrogen and oxygen atoms in total. The van der Waals surface area contributed by atoms with Crippen LogP contribution in [0.2, 0.25) is 0 Å². The van der Waals surface area contributed by atoms with Crippen molar-refractivity contribution >= 4 is 29.8 Å². The smallest absolute Gasteiger partial charge is 0.319 e. The van der Waals surface area contributed by atoms with E-state index in [9.17, 15) is 24.0 Å². The van der Waals surface area contributed by atoms with E-state index in [1.54, 1.807) is 4.90 Å². The van der Waals surface area contributed by atoms with Crippen LogP contribution in [0.3, 0.4) is 0 Å². The van der Waals surface area contributed by atoms with E-state index in [0.29, 0.717) is 0 Å². The van der Waals surface area contributed by atoms with Gasteiger partial charge in [-0.1, -0.05) is 0 Å². The molecule has 0 aromatic carbocycles. The zero-order valence-electron chi connectivity index (χ0n) is 19.3. The minimum absolute atomic E-state index is 0.0783. The lowest BCUT2D eigenvalue weighted by Gasteiger charge is -2.28. The molecule has 0 aromatic rings. The monoisotopic (exact) mass is 463 g/mol. The molecule has 184 valence electrons. The predicted molar refractivity (Wildman–Crippen MR) is 109 cm³/mol. The van der Waals surface area contributed by atoms with Crippen LogP contribution in [0, 0.1) is 0 Å². The summed E-state index contributed by atoms with van der Waals surface area (Å²) < 4.78 is 23.3. The first kappa shape index (κ1) is 29.2. The average molecular weight is 463 g/mol. The van der Waals surface area contributed by atoms with Crippen molar-refractivity contribution in [1.82, 2.24) is 14.7 Å². The van der Waals surface area contributed by atoms with Gasteiger partial charge in [0.2, 0.25) is 0 Å². The molecule has 0 N–H and O–H groups in total. The third kappa shape index (κ3) is 13.5. The van der Waals surface area contributed by atoms with Crippen LogP contribution in [-0.2, 0) is 47.7 Å². The molecule has 0 rings (SSSR count). The SMILES string of the molecule is COC(=O)CN(CCN(CC(=O)OC)CC(=O)OC)CCN(CC(=O)OC)CC(=O)OC. The molecule has 0 spiro atoms. The van der Waals surface area contributed by atoms with Crippen molar-refractivity contribution in [3.63, 3.8) is 0 Å². The fourth-order valence-corrected chi connectivity index (χ4v) is 2.50. The van der Waals surface area contributed by atoms with Crippen LogP contribution in [0.25, 0.3) is 0 Å². The van der Waals surface area contributed by atoms with Gasteiger partial charge in [0.25, 0.3) is 0 Å². The van der Waals surface area contributed by atoms with Gasteiger partial charge in [-0.3, -0.25) is 38.7 Å². The highest BCUT2D eigenvalue weighted by molar-refractivity contribution is 5.75. The summed E-state index contributed by atoms with van der Waals surface area (Å²) in [6, 6.07) is 0. The largest absolute Gasteiger partial charge is 0.468 e. The second-order valence-electron chi connectivity index (χ2n) is 6.58. The fraction of sp³-hybridized carbons (Fsp3) is 0.737. The summed E-state index contributed by atoms with van der Waals surface area (Å²) in [6.07, 6.45) is 0. The number of esters is 5. The molecule has 0 unspecified atom stereocenters. The first-order chi connectivity index (χ1) is 15.2. The van der Waals surface area contributed by atoms with Crippen LogP contribution >= 0.6 is 0 Å². The Labute approximate surface area is 187 Å². The lowest BCUT2D eigenvalue weighted by molar-refractivity contribution is -0.147. The number of hydrogen-bond acceptors (Lipinski definition) is 13. The lowest BCUT2D eigenvalue weighted by Crippen LogP contribution is -2.46. The first-order valence-corrected chi connectivity index (χ1v) is 9.70. The molecule has 0 saturated carbocycles. The molecule has 0 aliphatic heterocycles. The van der Waals surface area contributed by atoms with E-state index in [2.05, 4.69) is 18.9 Å². The number of carbonyl (C=O) groups is 5. The van der Waals surface area contributed by atoms with Crippen LogP contribution in [0.1, 0.15) is 0 Å². The van der Waals surface area contributed by atoms with Crippen molar-refractivity contribution in [1.29, 1.82) is 0 Å². The summed E-state index contributed by atoms with van der Waals surface area (Å²) in [5.74, 6) is -2.62. The molecule has 0 fully saturated rings. The highest BCUT2D eigenvalue weighted by Gasteiger charge is 2.20. The summed E-state index contributed by atoms with van der Waals surface area (Å²) in [7, 11) is 6.19. The Bertz CT molecular complexity index is 548. The quantitative estimate of drug-likeness (QED) is 0.180. The minimum Gasteiger partial charge on any atom is -0.468 e. The van der Waals surface area contributed by atoms with E-state index in [1.807, 2.05) is 0 Å². The van der Waals surface area contributed by atoms with Crippen LogP contribution in [0.15, 0.2) is 0 Å². The molecule has 0 atom stereocenters. The Kier molecular flexibility index (Phi) is 15.4. The van der Waals surface area contributed by atoms with Gasteiger partial charge in [0.15, 0.2) is 0 Å². The zero-order chi connectivity index (χ0) is 24.5. The van der Waals surface area contributed by atoms with Crippen LogP contribution < -0.4 is 0 Å². The number of nitrogens with zero attached hydrogens (tertiary/aromatic N) is 3. The third-order valence-electron chi connectivity index (χ3n) is 4.37. The highest BCUT2D eigenvalue weighted by Crippen LogP contribution is 1.99. The minimum atomic E-state index is -0.532. The van der Waals surface area contributed by atoms with Gasteiger partial charge in [-0.25, -0.2) is 0 Å². The van der Waals surface area contributed by atoms with E-state index in [1.165, 1.54) is 45.3 Å². The Morgan fingerprint density at radius 1 is 0.406 bits per heavy atom. The number of rotatable bonds is 16. The molecule has 0 aliphatic rings. The zero-order valence-corrected chi connectivity index (χ0v) is 19.3. The predicted octanol–water partition coefficient (Wildman–Crippen LogP) is -2.24. The van der Waals surface area contributed by atoms with Crippen LogP contribution in [0.5, 0.6) is 0 Å². The van der Waals surface area contributed by atoms with Crippen molar-refractivity contribution in [3.8, 4) is 0 Å². The maximum atomic E-state index is 11.8. The summed E-state index contributed by atoms with van der Waals surface area (Å²) >= 11 is 0. The van der Waals surface area contributed by atoms with E-state index in [0.717, 1.165) is 0 Å². The van der Waals surface area contributed by atoms with E-state index >= 15 is 0 Å². The van der Waals surface area contributed by atoms with Gasteiger partial charge >= 0.3 is 29.8 Å². The van der Waals surface area contributed by atoms with Crippen molar-refractivity contribution < 1.29 is 47.7 Å². The second-order valence-corrected chi connectivity index (χ2v) is 6.58. The Morgan fingerprint density at radius 3 is 0.812 bits per heavy atom. The Morgan fingerprint density at radius 2 is 0.594 bits per heavy atom. The number of methoxy groups -OCH3 is 5. The summed E-state index contributed by atoms with van der Waals surface area (Å²) in [6.45, 7) is 0.349. The molecule has 0 aromatic heterocycles. The van der Waals surface area contributed by atoms with Gasteiger partial charge in [-0.2, -0.15) is 0 Å². The molecule has 0 heterocycles. The first-order valence-electron chi connectivity index (χ1n) is 9.70. The van der Waals surface area contributed by atoms with E-state index in [-0.39, 0.29) is 58.9 Å². The summed E-state index contributed by atoms with van der Waals surface area (Å²) in [4.78, 5) is 63.1. The molecular formula is C19H33N3O10. The van der Waals surface area contributed by atoms with Crippen molar-refractivity contribution in [2.45, 2.75) is 0 Å². The Balaban J connectivity index is 5.18. The molecule has 0 saturated heterocycles. The lowest BCUT2D eigenvalue weighted by atomic mass is 10.3. The average Bonchev–Trinajstić information content (AvgIpc) is 2.79. The normalized spacial score (nSPS) is 10.8. The van der Waals surface area contributed by atoms with Gasteiger partial charge in [0.1, 0.15) is 0 Å². The molecular weight excluding hydrogens is 430 g/mol. The molecule has 13 heteroatoms. The molecule has 0 bridgehead atoms. The molecule has 0 aliphatic carbocycles. The van der Waals surface area contributed by atoms with E-state index in [4.69, 9.17) is 4.74 Å². The van der Waals surface area contributed by atoms with Crippen LogP contribution in [-0.4, -0.2) is 139 Å². The number of carbonyl (C=O) groups excluding carboxylic acids is 5. The fourth-order valence-electron chi connectivity index (χ4n) is 2.50. The standard InChI is InChI=1S/C19H33N3O10/c1-28-15(23)10-20(6-8-21(11-16(24)29-2)12-17(25)30-3)7-9-22(13-18(26)31-4)14-19(27)32-5/h6-14H2,1-5H3. The van der Waals surface area contributed by atoms with Crippen molar-refractivity contribution in [3.05, 3.63) is 0 Å². The summed E-state index contributed by atoms with van der Waals surface area (Å²) in [5.41, 5.74) is 0. The highest BCUT2D eigenvalue weighted by atomic mass is 16.5. The third-order valence-corrected chi connectivity index (χ3v) is 4.37. The van der Waals surface area contributed by atoms with Crippen molar-refractivity contribution in [2.24, 2.45) is 0 Å². The van der Waals surface area contributed by atoms with Gasteiger partial charge < -0.3 is 23.7 Å². The number of hydrogen-bond donors (Lipinski definition) is 0. The topological polar surface area (TPSA) is 141 Å².